The second-order valence-corrected chi connectivity index (χ2v) is 6.05. The summed E-state index contributed by atoms with van der Waals surface area (Å²) in [5, 5.41) is 0.795. The van der Waals surface area contributed by atoms with Crippen LogP contribution in [-0.4, -0.2) is 23.3 Å². The van der Waals surface area contributed by atoms with Crippen LogP contribution in [0.2, 0.25) is 0 Å². The van der Waals surface area contributed by atoms with Crippen molar-refractivity contribution in [1.29, 1.82) is 0 Å². The van der Waals surface area contributed by atoms with Crippen LogP contribution in [-0.2, 0) is 4.74 Å². The third kappa shape index (κ3) is 3.21. The third-order valence-electron chi connectivity index (χ3n) is 3.52. The lowest BCUT2D eigenvalue weighted by molar-refractivity contribution is 0.0517. The first-order valence-electron chi connectivity index (χ1n) is 7.47. The molecular weight excluding hydrogens is 370 g/mol. The molecule has 0 N–H and O–H groups in total. The average molecular weight is 384 g/mol. The van der Waals surface area contributed by atoms with Crippen LogP contribution in [0, 0.1) is 0 Å². The highest BCUT2D eigenvalue weighted by Gasteiger charge is 2.22. The number of esters is 1. The Morgan fingerprint density at radius 2 is 1.88 bits per heavy atom. The van der Waals surface area contributed by atoms with E-state index in [1.807, 2.05) is 24.3 Å². The Morgan fingerprint density at radius 1 is 1.08 bits per heavy atom. The number of para-hydroxylation sites is 1. The lowest BCUT2D eigenvalue weighted by Crippen LogP contribution is -2.15. The highest BCUT2D eigenvalue weighted by molar-refractivity contribution is 9.10. The predicted molar refractivity (Wildman–Crippen MR) is 95.3 cm³/mol. The molecule has 4 nitrogen and oxygen atoms in total. The van der Waals surface area contributed by atoms with Crippen LogP contribution < -0.4 is 0 Å². The van der Waals surface area contributed by atoms with E-state index in [1.165, 1.54) is 0 Å². The number of fused-ring (bicyclic) bond motifs is 1. The minimum Gasteiger partial charge on any atom is -0.461 e. The Labute approximate surface area is 147 Å². The van der Waals surface area contributed by atoms with E-state index in [9.17, 15) is 9.59 Å². The number of carbonyl (C=O) groups is 2. The topological polar surface area (TPSA) is 56.3 Å². The van der Waals surface area contributed by atoms with Crippen molar-refractivity contribution in [2.24, 2.45) is 0 Å². The van der Waals surface area contributed by atoms with E-state index in [-0.39, 0.29) is 23.6 Å². The smallest absolute Gasteiger partial charge is 0.357 e. The summed E-state index contributed by atoms with van der Waals surface area (Å²) < 4.78 is 5.86. The molecule has 1 heterocycles. The molecule has 5 heteroatoms. The van der Waals surface area contributed by atoms with E-state index < -0.39 is 5.97 Å². The number of hydrogen-bond acceptors (Lipinski definition) is 4. The van der Waals surface area contributed by atoms with Gasteiger partial charge in [-0.2, -0.15) is 0 Å². The van der Waals surface area contributed by atoms with Gasteiger partial charge in [0.25, 0.3) is 0 Å². The Hall–Kier alpha value is -2.53. The molecule has 0 fully saturated rings. The van der Waals surface area contributed by atoms with E-state index in [2.05, 4.69) is 20.9 Å². The molecule has 0 radical (unpaired) electrons. The first-order valence-corrected chi connectivity index (χ1v) is 8.26. The molecule has 0 atom stereocenters. The van der Waals surface area contributed by atoms with Crippen LogP contribution in [0.1, 0.15) is 33.3 Å². The maximum absolute atomic E-state index is 12.9. The van der Waals surface area contributed by atoms with Gasteiger partial charge in [0.2, 0.25) is 0 Å². The number of ether oxygens (including phenoxy) is 1. The number of benzene rings is 2. The number of pyridine rings is 1. The summed E-state index contributed by atoms with van der Waals surface area (Å²) in [4.78, 5) is 29.5. The fourth-order valence-electron chi connectivity index (χ4n) is 2.43. The van der Waals surface area contributed by atoms with E-state index >= 15 is 0 Å². The van der Waals surface area contributed by atoms with Crippen LogP contribution in [0.5, 0.6) is 0 Å². The van der Waals surface area contributed by atoms with Crippen molar-refractivity contribution in [2.75, 3.05) is 6.61 Å². The second-order valence-electron chi connectivity index (χ2n) is 5.14. The van der Waals surface area contributed by atoms with Crippen molar-refractivity contribution >= 4 is 38.6 Å². The van der Waals surface area contributed by atoms with Crippen molar-refractivity contribution in [2.45, 2.75) is 6.92 Å². The van der Waals surface area contributed by atoms with Gasteiger partial charge in [-0.05, 0) is 31.2 Å². The quantitative estimate of drug-likeness (QED) is 0.494. The molecule has 0 spiro atoms. The van der Waals surface area contributed by atoms with Gasteiger partial charge in [0.05, 0.1) is 17.7 Å². The van der Waals surface area contributed by atoms with Gasteiger partial charge in [0, 0.05) is 15.4 Å². The Bertz CT molecular complexity index is 937. The Kier molecular flexibility index (Phi) is 4.71. The van der Waals surface area contributed by atoms with Crippen molar-refractivity contribution < 1.29 is 14.3 Å². The molecule has 0 aliphatic heterocycles. The van der Waals surface area contributed by atoms with Gasteiger partial charge in [0.1, 0.15) is 0 Å². The van der Waals surface area contributed by atoms with Gasteiger partial charge in [-0.3, -0.25) is 4.79 Å². The van der Waals surface area contributed by atoms with Gasteiger partial charge in [-0.25, -0.2) is 9.78 Å². The molecule has 0 unspecified atom stereocenters. The van der Waals surface area contributed by atoms with Crippen LogP contribution in [0.15, 0.2) is 59.1 Å². The summed E-state index contributed by atoms with van der Waals surface area (Å²) in [6.45, 7) is 1.94. The molecular formula is C19H14BrNO3. The molecule has 3 aromatic rings. The van der Waals surface area contributed by atoms with Gasteiger partial charge < -0.3 is 4.74 Å². The van der Waals surface area contributed by atoms with E-state index in [0.717, 1.165) is 9.86 Å². The molecule has 120 valence electrons. The number of halogens is 1. The normalized spacial score (nSPS) is 10.6. The zero-order chi connectivity index (χ0) is 17.1. The number of hydrogen-bond donors (Lipinski definition) is 0. The minimum atomic E-state index is -0.596. The largest absolute Gasteiger partial charge is 0.461 e. The molecule has 0 amide bonds. The molecule has 2 aromatic carbocycles. The molecule has 0 saturated carbocycles. The highest BCUT2D eigenvalue weighted by Crippen LogP contribution is 2.22. The molecule has 0 aliphatic rings. The number of rotatable bonds is 4. The fourth-order valence-corrected chi connectivity index (χ4v) is 2.83. The number of nitrogens with zero attached hydrogens (tertiary/aromatic N) is 1. The molecule has 24 heavy (non-hydrogen) atoms. The number of aromatic nitrogens is 1. The van der Waals surface area contributed by atoms with E-state index in [0.29, 0.717) is 11.1 Å². The monoisotopic (exact) mass is 383 g/mol. The zero-order valence-corrected chi connectivity index (χ0v) is 14.5. The third-order valence-corrected chi connectivity index (χ3v) is 4.02. The summed E-state index contributed by atoms with van der Waals surface area (Å²) in [5.41, 5.74) is 1.41. The lowest BCUT2D eigenvalue weighted by Gasteiger charge is -2.09. The standard InChI is InChI=1S/C19H14BrNO3/c1-2-24-19(23)17-15(11-12-6-3-4-9-16(12)21-17)18(22)13-7-5-8-14(20)10-13/h3-11H,2H2,1H3. The van der Waals surface area contributed by atoms with Crippen LogP contribution >= 0.6 is 15.9 Å². The summed E-state index contributed by atoms with van der Waals surface area (Å²) in [7, 11) is 0. The second kappa shape index (κ2) is 6.93. The highest BCUT2D eigenvalue weighted by atomic mass is 79.9. The average Bonchev–Trinajstić information content (AvgIpc) is 2.60. The number of carbonyl (C=O) groups excluding carboxylic acids is 2. The van der Waals surface area contributed by atoms with Gasteiger partial charge in [0.15, 0.2) is 11.5 Å². The Balaban J connectivity index is 2.18. The van der Waals surface area contributed by atoms with E-state index in [1.54, 1.807) is 37.3 Å². The first kappa shape index (κ1) is 16.3. The fraction of sp³-hybridized carbons (Fsp3) is 0.105. The zero-order valence-electron chi connectivity index (χ0n) is 13.0. The minimum absolute atomic E-state index is 0.0422. The molecule has 0 saturated heterocycles. The summed E-state index contributed by atoms with van der Waals surface area (Å²) >= 11 is 3.36. The summed E-state index contributed by atoms with van der Waals surface area (Å²) in [6.07, 6.45) is 0. The maximum Gasteiger partial charge on any atom is 0.357 e. The molecule has 0 bridgehead atoms. The predicted octanol–water partition coefficient (Wildman–Crippen LogP) is 4.41. The lowest BCUT2D eigenvalue weighted by atomic mass is 10.00. The van der Waals surface area contributed by atoms with Crippen molar-refractivity contribution in [3.8, 4) is 0 Å². The van der Waals surface area contributed by atoms with Gasteiger partial charge in [-0.1, -0.05) is 46.3 Å². The van der Waals surface area contributed by atoms with Gasteiger partial charge >= 0.3 is 5.97 Å². The van der Waals surface area contributed by atoms with Gasteiger partial charge in [-0.15, -0.1) is 0 Å². The summed E-state index contributed by atoms with van der Waals surface area (Å²) in [6, 6.07) is 16.1. The van der Waals surface area contributed by atoms with Crippen molar-refractivity contribution in [3.63, 3.8) is 0 Å². The maximum atomic E-state index is 12.9. The SMILES string of the molecule is CCOC(=O)c1nc2ccccc2cc1C(=O)c1cccc(Br)c1. The van der Waals surface area contributed by atoms with Crippen molar-refractivity contribution in [3.05, 3.63) is 75.9 Å². The first-order chi connectivity index (χ1) is 11.6. The summed E-state index contributed by atoms with van der Waals surface area (Å²) in [5.74, 6) is -0.862. The van der Waals surface area contributed by atoms with Crippen LogP contribution in [0.3, 0.4) is 0 Å². The van der Waals surface area contributed by atoms with Crippen LogP contribution in [0.4, 0.5) is 0 Å². The number of ketones is 1. The molecule has 0 aliphatic carbocycles. The van der Waals surface area contributed by atoms with E-state index in [4.69, 9.17) is 4.74 Å². The van der Waals surface area contributed by atoms with Crippen molar-refractivity contribution in [1.82, 2.24) is 4.98 Å². The Morgan fingerprint density at radius 3 is 2.62 bits per heavy atom. The molecule has 3 rings (SSSR count). The molecule has 1 aromatic heterocycles. The van der Waals surface area contributed by atoms with Crippen LogP contribution in [0.25, 0.3) is 10.9 Å².